The topological polar surface area (TPSA) is 43.6 Å². The van der Waals surface area contributed by atoms with Gasteiger partial charge in [-0.2, -0.15) is 10.1 Å². The zero-order valence-corrected chi connectivity index (χ0v) is 7.50. The lowest BCUT2D eigenvalue weighted by Gasteiger charge is -1.96. The van der Waals surface area contributed by atoms with Crippen molar-refractivity contribution in [3.8, 4) is 0 Å². The van der Waals surface area contributed by atoms with Gasteiger partial charge in [-0.3, -0.25) is 4.68 Å². The van der Waals surface area contributed by atoms with Gasteiger partial charge < -0.3 is 0 Å². The molecule has 2 aromatic heterocycles. The summed E-state index contributed by atoms with van der Waals surface area (Å²) in [5.41, 5.74) is 1.63. The number of rotatable bonds is 0. The molecule has 12 heavy (non-hydrogen) atoms. The van der Waals surface area contributed by atoms with Gasteiger partial charge in [0.2, 0.25) is 5.28 Å². The van der Waals surface area contributed by atoms with Gasteiger partial charge >= 0.3 is 0 Å². The van der Waals surface area contributed by atoms with Gasteiger partial charge in [-0.15, -0.1) is 0 Å². The molecular formula is C7H7ClN4. The summed E-state index contributed by atoms with van der Waals surface area (Å²) in [5.74, 6) is 0. The molecule has 0 aliphatic heterocycles. The number of halogens is 1. The summed E-state index contributed by atoms with van der Waals surface area (Å²) in [6.07, 6.45) is 1.74. The Hall–Kier alpha value is -1.16. The Balaban J connectivity index is 2.92. The molecule has 5 heteroatoms. The summed E-state index contributed by atoms with van der Waals surface area (Å²) in [7, 11) is 1.82. The van der Waals surface area contributed by atoms with E-state index in [4.69, 9.17) is 11.6 Å². The SMILES string of the molecule is Cc1nc(Cl)nc2c1cnn2C. The largest absolute Gasteiger partial charge is 0.250 e. The van der Waals surface area contributed by atoms with E-state index < -0.39 is 0 Å². The van der Waals surface area contributed by atoms with Crippen molar-refractivity contribution in [3.05, 3.63) is 17.2 Å². The fourth-order valence-corrected chi connectivity index (χ4v) is 1.34. The minimum absolute atomic E-state index is 0.267. The van der Waals surface area contributed by atoms with Crippen LogP contribution in [-0.2, 0) is 7.05 Å². The third-order valence-corrected chi connectivity index (χ3v) is 1.92. The molecule has 2 heterocycles. The van der Waals surface area contributed by atoms with Crippen LogP contribution < -0.4 is 0 Å². The first-order valence-electron chi connectivity index (χ1n) is 3.50. The smallest absolute Gasteiger partial charge is 0.224 e. The van der Waals surface area contributed by atoms with Crippen molar-refractivity contribution in [2.45, 2.75) is 6.92 Å². The third kappa shape index (κ3) is 0.956. The Kier molecular flexibility index (Phi) is 1.51. The normalized spacial score (nSPS) is 10.9. The second-order valence-corrected chi connectivity index (χ2v) is 2.92. The summed E-state index contributed by atoms with van der Waals surface area (Å²) in [4.78, 5) is 8.07. The molecule has 0 N–H and O–H groups in total. The van der Waals surface area contributed by atoms with E-state index in [1.165, 1.54) is 0 Å². The molecule has 0 amide bonds. The monoisotopic (exact) mass is 182 g/mol. The number of hydrogen-bond donors (Lipinski definition) is 0. The molecule has 4 nitrogen and oxygen atoms in total. The average molecular weight is 183 g/mol. The average Bonchev–Trinajstić information content (AvgIpc) is 2.33. The summed E-state index contributed by atoms with van der Waals surface area (Å²) < 4.78 is 1.68. The van der Waals surface area contributed by atoms with Crippen LogP contribution in [0.25, 0.3) is 11.0 Å². The maximum Gasteiger partial charge on any atom is 0.224 e. The molecule has 2 aromatic rings. The van der Waals surface area contributed by atoms with Crippen molar-refractivity contribution < 1.29 is 0 Å². The molecule has 0 unspecified atom stereocenters. The van der Waals surface area contributed by atoms with Crippen LogP contribution in [0.3, 0.4) is 0 Å². The second kappa shape index (κ2) is 2.42. The van der Waals surface area contributed by atoms with Gasteiger partial charge in [-0.05, 0) is 18.5 Å². The Morgan fingerprint density at radius 2 is 2.17 bits per heavy atom. The van der Waals surface area contributed by atoms with Gasteiger partial charge in [-0.25, -0.2) is 4.98 Å². The Bertz CT molecular complexity index is 434. The first-order valence-corrected chi connectivity index (χ1v) is 3.88. The van der Waals surface area contributed by atoms with Gasteiger partial charge in [0.25, 0.3) is 0 Å². The number of aryl methyl sites for hydroxylation is 2. The maximum atomic E-state index is 5.69. The van der Waals surface area contributed by atoms with E-state index in [1.54, 1.807) is 10.9 Å². The fourth-order valence-electron chi connectivity index (χ4n) is 1.13. The van der Waals surface area contributed by atoms with Crippen LogP contribution in [0.1, 0.15) is 5.69 Å². The number of fused-ring (bicyclic) bond motifs is 1. The first kappa shape index (κ1) is 7.49. The number of hydrogen-bond acceptors (Lipinski definition) is 3. The van der Waals surface area contributed by atoms with E-state index in [0.717, 1.165) is 16.7 Å². The van der Waals surface area contributed by atoms with E-state index in [2.05, 4.69) is 15.1 Å². The van der Waals surface area contributed by atoms with E-state index in [-0.39, 0.29) is 5.28 Å². The fraction of sp³-hybridized carbons (Fsp3) is 0.286. The van der Waals surface area contributed by atoms with Crippen LogP contribution in [0.4, 0.5) is 0 Å². The van der Waals surface area contributed by atoms with Crippen LogP contribution in [0.2, 0.25) is 5.28 Å². The lowest BCUT2D eigenvalue weighted by atomic mass is 10.3. The second-order valence-electron chi connectivity index (χ2n) is 2.58. The summed E-state index contributed by atoms with van der Waals surface area (Å²) in [6, 6.07) is 0. The highest BCUT2D eigenvalue weighted by molar-refractivity contribution is 6.28. The van der Waals surface area contributed by atoms with Crippen LogP contribution in [0, 0.1) is 6.92 Å². The molecule has 0 spiro atoms. The molecule has 0 saturated carbocycles. The quantitative estimate of drug-likeness (QED) is 0.578. The first-order chi connectivity index (χ1) is 5.68. The summed E-state index contributed by atoms with van der Waals surface area (Å²) >= 11 is 5.69. The molecule has 62 valence electrons. The van der Waals surface area contributed by atoms with E-state index in [1.807, 2.05) is 14.0 Å². The standard InChI is InChI=1S/C7H7ClN4/c1-4-5-3-9-12(2)6(5)11-7(8)10-4/h3H,1-2H3. The van der Waals surface area contributed by atoms with Gasteiger partial charge in [0, 0.05) is 7.05 Å². The molecule has 0 aliphatic rings. The lowest BCUT2D eigenvalue weighted by molar-refractivity contribution is 0.785. The Morgan fingerprint density at radius 1 is 1.42 bits per heavy atom. The predicted molar refractivity (Wildman–Crippen MR) is 46.1 cm³/mol. The molecule has 0 atom stereocenters. The predicted octanol–water partition coefficient (Wildman–Crippen LogP) is 1.33. The van der Waals surface area contributed by atoms with Gasteiger partial charge in [0.15, 0.2) is 5.65 Å². The van der Waals surface area contributed by atoms with Crippen molar-refractivity contribution in [1.82, 2.24) is 19.7 Å². The highest BCUT2D eigenvalue weighted by atomic mass is 35.5. The zero-order chi connectivity index (χ0) is 8.72. The number of nitrogens with zero attached hydrogens (tertiary/aromatic N) is 4. The van der Waals surface area contributed by atoms with Crippen molar-refractivity contribution in [1.29, 1.82) is 0 Å². The van der Waals surface area contributed by atoms with E-state index >= 15 is 0 Å². The van der Waals surface area contributed by atoms with E-state index in [0.29, 0.717) is 0 Å². The number of aromatic nitrogens is 4. The molecule has 0 aromatic carbocycles. The Labute approximate surface area is 74.2 Å². The molecule has 2 rings (SSSR count). The molecule has 0 saturated heterocycles. The van der Waals surface area contributed by atoms with Crippen molar-refractivity contribution in [3.63, 3.8) is 0 Å². The van der Waals surface area contributed by atoms with Crippen LogP contribution in [-0.4, -0.2) is 19.7 Å². The summed E-state index contributed by atoms with van der Waals surface area (Å²) in [6.45, 7) is 1.89. The Morgan fingerprint density at radius 3 is 2.92 bits per heavy atom. The van der Waals surface area contributed by atoms with Crippen LogP contribution in [0.15, 0.2) is 6.20 Å². The van der Waals surface area contributed by atoms with Gasteiger partial charge in [0.05, 0.1) is 17.3 Å². The minimum Gasteiger partial charge on any atom is -0.250 e. The maximum absolute atomic E-state index is 5.69. The molecule has 0 fully saturated rings. The third-order valence-electron chi connectivity index (χ3n) is 1.76. The van der Waals surface area contributed by atoms with Crippen molar-refractivity contribution in [2.75, 3.05) is 0 Å². The minimum atomic E-state index is 0.267. The molecule has 0 bridgehead atoms. The van der Waals surface area contributed by atoms with Crippen molar-refractivity contribution >= 4 is 22.6 Å². The zero-order valence-electron chi connectivity index (χ0n) is 6.74. The molecular weight excluding hydrogens is 176 g/mol. The molecule has 0 radical (unpaired) electrons. The van der Waals surface area contributed by atoms with Gasteiger partial charge in [0.1, 0.15) is 0 Å². The highest BCUT2D eigenvalue weighted by Gasteiger charge is 2.05. The van der Waals surface area contributed by atoms with Crippen LogP contribution in [0.5, 0.6) is 0 Å². The lowest BCUT2D eigenvalue weighted by Crippen LogP contribution is -1.94. The van der Waals surface area contributed by atoms with Crippen LogP contribution >= 0.6 is 11.6 Å². The van der Waals surface area contributed by atoms with E-state index in [9.17, 15) is 0 Å². The highest BCUT2D eigenvalue weighted by Crippen LogP contribution is 2.15. The molecule has 0 aliphatic carbocycles. The van der Waals surface area contributed by atoms with Crippen molar-refractivity contribution in [2.24, 2.45) is 7.05 Å². The summed E-state index contributed by atoms with van der Waals surface area (Å²) in [5, 5.41) is 5.27. The van der Waals surface area contributed by atoms with Gasteiger partial charge in [-0.1, -0.05) is 0 Å².